The number of carbonyl (C=O) groups is 2. The van der Waals surface area contributed by atoms with Crippen LogP contribution in [-0.2, 0) is 16.1 Å². The van der Waals surface area contributed by atoms with Crippen molar-refractivity contribution in [3.05, 3.63) is 29.6 Å². The molecule has 2 aliphatic rings. The highest BCUT2D eigenvalue weighted by Crippen LogP contribution is 2.21. The summed E-state index contributed by atoms with van der Waals surface area (Å²) in [4.78, 5) is 28.4. The first-order valence-corrected chi connectivity index (χ1v) is 8.70. The second-order valence-corrected chi connectivity index (χ2v) is 6.53. The highest BCUT2D eigenvalue weighted by atomic mass is 19.1. The Balaban J connectivity index is 1.71. The number of nitrogens with one attached hydrogen (secondary N) is 1. The van der Waals surface area contributed by atoms with Crippen molar-refractivity contribution in [2.75, 3.05) is 33.3 Å². The number of rotatable bonds is 5. The molecule has 2 amide bonds. The van der Waals surface area contributed by atoms with E-state index in [0.29, 0.717) is 30.9 Å². The summed E-state index contributed by atoms with van der Waals surface area (Å²) in [6.45, 7) is 2.92. The monoisotopic (exact) mass is 349 g/mol. The Bertz CT molecular complexity index is 646. The molecule has 2 heterocycles. The molecular formula is C18H24FN3O3. The van der Waals surface area contributed by atoms with Crippen LogP contribution in [0.2, 0.25) is 0 Å². The largest absolute Gasteiger partial charge is 0.497 e. The summed E-state index contributed by atoms with van der Waals surface area (Å²) in [7, 11) is 1.49. The molecule has 2 saturated heterocycles. The number of hydrogen-bond acceptors (Lipinski definition) is 4. The zero-order chi connectivity index (χ0) is 17.8. The number of halogens is 1. The Hall–Kier alpha value is -2.15. The van der Waals surface area contributed by atoms with Crippen molar-refractivity contribution in [2.24, 2.45) is 0 Å². The van der Waals surface area contributed by atoms with E-state index in [1.165, 1.54) is 13.2 Å². The van der Waals surface area contributed by atoms with Gasteiger partial charge in [-0.15, -0.1) is 0 Å². The molecule has 1 N–H and O–H groups in total. The summed E-state index contributed by atoms with van der Waals surface area (Å²) in [6, 6.07) is 4.15. The molecule has 0 radical (unpaired) electrons. The summed E-state index contributed by atoms with van der Waals surface area (Å²) >= 11 is 0. The minimum Gasteiger partial charge on any atom is -0.497 e. The molecule has 0 bridgehead atoms. The molecule has 1 unspecified atom stereocenters. The molecule has 1 aromatic carbocycles. The number of methoxy groups -OCH3 is 1. The van der Waals surface area contributed by atoms with Gasteiger partial charge in [-0.05, 0) is 18.9 Å². The molecule has 136 valence electrons. The average Bonchev–Trinajstić information content (AvgIpc) is 3.14. The summed E-state index contributed by atoms with van der Waals surface area (Å²) in [5.74, 6) is -0.0687. The molecule has 1 aromatic rings. The van der Waals surface area contributed by atoms with Gasteiger partial charge in [-0.1, -0.05) is 6.07 Å². The molecule has 0 aliphatic carbocycles. The van der Waals surface area contributed by atoms with Gasteiger partial charge in [-0.3, -0.25) is 14.5 Å². The van der Waals surface area contributed by atoms with E-state index >= 15 is 0 Å². The summed E-state index contributed by atoms with van der Waals surface area (Å²) in [6.07, 6.45) is 2.18. The third-order valence-corrected chi connectivity index (χ3v) is 4.90. The number of piperazine rings is 1. The van der Waals surface area contributed by atoms with Gasteiger partial charge in [-0.2, -0.15) is 0 Å². The van der Waals surface area contributed by atoms with E-state index in [2.05, 4.69) is 5.32 Å². The van der Waals surface area contributed by atoms with E-state index in [1.54, 1.807) is 12.1 Å². The molecule has 0 saturated carbocycles. The van der Waals surface area contributed by atoms with Crippen molar-refractivity contribution in [1.29, 1.82) is 0 Å². The Morgan fingerprint density at radius 2 is 2.08 bits per heavy atom. The number of ether oxygens (including phenoxy) is 1. The number of likely N-dealkylation sites (tertiary alicyclic amines) is 1. The highest BCUT2D eigenvalue weighted by Gasteiger charge is 2.33. The van der Waals surface area contributed by atoms with Crippen LogP contribution in [0.1, 0.15) is 24.8 Å². The zero-order valence-electron chi connectivity index (χ0n) is 14.5. The van der Waals surface area contributed by atoms with Gasteiger partial charge < -0.3 is 15.0 Å². The fraction of sp³-hybridized carbons (Fsp3) is 0.556. The fourth-order valence-electron chi connectivity index (χ4n) is 3.44. The van der Waals surface area contributed by atoms with Crippen LogP contribution in [0.5, 0.6) is 5.75 Å². The Kier molecular flexibility index (Phi) is 5.53. The lowest BCUT2D eigenvalue weighted by Crippen LogP contribution is -2.56. The van der Waals surface area contributed by atoms with E-state index < -0.39 is 6.04 Å². The van der Waals surface area contributed by atoms with Crippen LogP contribution < -0.4 is 10.1 Å². The van der Waals surface area contributed by atoms with Crippen LogP contribution in [0.15, 0.2) is 18.2 Å². The third-order valence-electron chi connectivity index (χ3n) is 4.90. The van der Waals surface area contributed by atoms with Gasteiger partial charge in [0.15, 0.2) is 0 Å². The predicted octanol–water partition coefficient (Wildman–Crippen LogP) is 1.15. The second kappa shape index (κ2) is 7.82. The van der Waals surface area contributed by atoms with Gasteiger partial charge in [-0.25, -0.2) is 4.39 Å². The molecule has 2 fully saturated rings. The maximum atomic E-state index is 14.2. The van der Waals surface area contributed by atoms with Gasteiger partial charge >= 0.3 is 0 Å². The number of carbonyl (C=O) groups excluding carboxylic acids is 2. The first-order chi connectivity index (χ1) is 12.1. The summed E-state index contributed by atoms with van der Waals surface area (Å²) in [5, 5.41) is 2.81. The zero-order valence-corrected chi connectivity index (χ0v) is 14.5. The van der Waals surface area contributed by atoms with Crippen LogP contribution in [0, 0.1) is 5.82 Å². The van der Waals surface area contributed by atoms with Gasteiger partial charge in [0.1, 0.15) is 11.6 Å². The first kappa shape index (κ1) is 17.7. The molecule has 25 heavy (non-hydrogen) atoms. The lowest BCUT2D eigenvalue weighted by molar-refractivity contribution is -0.138. The molecule has 1 atom stereocenters. The third kappa shape index (κ3) is 4.10. The smallest absolute Gasteiger partial charge is 0.237 e. The van der Waals surface area contributed by atoms with Crippen molar-refractivity contribution >= 4 is 11.8 Å². The van der Waals surface area contributed by atoms with Crippen LogP contribution in [0.3, 0.4) is 0 Å². The molecular weight excluding hydrogens is 325 g/mol. The topological polar surface area (TPSA) is 61.9 Å². The van der Waals surface area contributed by atoms with Crippen molar-refractivity contribution in [3.8, 4) is 5.75 Å². The van der Waals surface area contributed by atoms with E-state index in [-0.39, 0.29) is 24.1 Å². The standard InChI is InChI=1S/C18H24FN3O3/c1-25-14-5-4-13(15(19)10-14)12-22-9-6-20-18(24)16(22)11-17(23)21-7-2-3-8-21/h4-5,10,16H,2-3,6-9,11-12H2,1H3,(H,20,24). The molecule has 3 rings (SSSR count). The average molecular weight is 349 g/mol. The lowest BCUT2D eigenvalue weighted by atomic mass is 10.1. The maximum Gasteiger partial charge on any atom is 0.237 e. The van der Waals surface area contributed by atoms with Crippen LogP contribution in [-0.4, -0.2) is 60.9 Å². The number of benzene rings is 1. The van der Waals surface area contributed by atoms with Gasteiger partial charge in [0.2, 0.25) is 11.8 Å². The lowest BCUT2D eigenvalue weighted by Gasteiger charge is -2.35. The van der Waals surface area contributed by atoms with Crippen molar-refractivity contribution in [2.45, 2.75) is 31.8 Å². The van der Waals surface area contributed by atoms with Gasteiger partial charge in [0.05, 0.1) is 19.6 Å². The van der Waals surface area contributed by atoms with Crippen molar-refractivity contribution in [3.63, 3.8) is 0 Å². The van der Waals surface area contributed by atoms with Crippen LogP contribution in [0.25, 0.3) is 0 Å². The maximum absolute atomic E-state index is 14.2. The number of nitrogens with zero attached hydrogens (tertiary/aromatic N) is 2. The predicted molar refractivity (Wildman–Crippen MR) is 90.6 cm³/mol. The van der Waals surface area contributed by atoms with E-state index in [9.17, 15) is 14.0 Å². The first-order valence-electron chi connectivity index (χ1n) is 8.70. The minimum absolute atomic E-state index is 0.000229. The number of hydrogen-bond donors (Lipinski definition) is 1. The molecule has 7 heteroatoms. The van der Waals surface area contributed by atoms with Gasteiger partial charge in [0, 0.05) is 44.4 Å². The number of amides is 2. The van der Waals surface area contributed by atoms with E-state index in [0.717, 1.165) is 25.9 Å². The Labute approximate surface area is 146 Å². The highest BCUT2D eigenvalue weighted by molar-refractivity contribution is 5.88. The van der Waals surface area contributed by atoms with Crippen molar-refractivity contribution in [1.82, 2.24) is 15.1 Å². The molecule has 0 aromatic heterocycles. The van der Waals surface area contributed by atoms with Gasteiger partial charge in [0.25, 0.3) is 0 Å². The van der Waals surface area contributed by atoms with Crippen LogP contribution >= 0.6 is 0 Å². The quantitative estimate of drug-likeness (QED) is 0.866. The normalized spacial score (nSPS) is 21.3. The minimum atomic E-state index is -0.552. The van der Waals surface area contributed by atoms with E-state index in [4.69, 9.17) is 4.74 Å². The van der Waals surface area contributed by atoms with E-state index in [1.807, 2.05) is 9.80 Å². The van der Waals surface area contributed by atoms with Crippen molar-refractivity contribution < 1.29 is 18.7 Å². The second-order valence-electron chi connectivity index (χ2n) is 6.53. The Morgan fingerprint density at radius 1 is 1.32 bits per heavy atom. The Morgan fingerprint density at radius 3 is 2.76 bits per heavy atom. The summed E-state index contributed by atoms with van der Waals surface area (Å²) in [5.41, 5.74) is 0.495. The molecule has 2 aliphatic heterocycles. The van der Waals surface area contributed by atoms with Crippen LogP contribution in [0.4, 0.5) is 4.39 Å². The molecule has 6 nitrogen and oxygen atoms in total. The SMILES string of the molecule is COc1ccc(CN2CCNC(=O)C2CC(=O)N2CCCC2)c(F)c1. The summed E-state index contributed by atoms with van der Waals surface area (Å²) < 4.78 is 19.3. The molecule has 0 spiro atoms. The fourth-order valence-corrected chi connectivity index (χ4v) is 3.44.